The zero-order chi connectivity index (χ0) is 15.7. The third-order valence-electron chi connectivity index (χ3n) is 3.46. The summed E-state index contributed by atoms with van der Waals surface area (Å²) in [5.74, 6) is -0.692. The molecule has 8 nitrogen and oxygen atoms in total. The molecule has 1 aromatic heterocycles. The van der Waals surface area contributed by atoms with Gasteiger partial charge in [-0.05, 0) is 13.8 Å². The molecule has 0 spiro atoms. The van der Waals surface area contributed by atoms with Gasteiger partial charge in [0, 0.05) is 26.3 Å². The average Bonchev–Trinajstić information content (AvgIpc) is 2.95. The summed E-state index contributed by atoms with van der Waals surface area (Å²) in [5.41, 5.74) is 0.571. The van der Waals surface area contributed by atoms with Crippen LogP contribution in [-0.2, 0) is 9.59 Å². The van der Waals surface area contributed by atoms with Gasteiger partial charge in [-0.2, -0.15) is 5.10 Å². The molecular formula is C13H19N5O3. The number of hydrogen-bond donors (Lipinski definition) is 1. The van der Waals surface area contributed by atoms with Gasteiger partial charge < -0.3 is 10.2 Å². The Kier molecular flexibility index (Phi) is 3.97. The fourth-order valence-corrected chi connectivity index (χ4v) is 2.15. The number of carbonyl (C=O) groups excluding carboxylic acids is 3. The highest BCUT2D eigenvalue weighted by Gasteiger charge is 2.41. The number of likely N-dealkylation sites (N-methyl/N-ethyl adjacent to an activating group) is 2. The van der Waals surface area contributed by atoms with Crippen molar-refractivity contribution in [1.82, 2.24) is 19.6 Å². The minimum Gasteiger partial charge on any atom is -0.323 e. The molecule has 1 N–H and O–H groups in total. The lowest BCUT2D eigenvalue weighted by Crippen LogP contribution is -2.35. The van der Waals surface area contributed by atoms with Gasteiger partial charge in [0.05, 0.1) is 18.3 Å². The van der Waals surface area contributed by atoms with E-state index in [2.05, 4.69) is 10.4 Å². The maximum Gasteiger partial charge on any atom is 0.326 e. The second kappa shape index (κ2) is 5.55. The highest BCUT2D eigenvalue weighted by molar-refractivity contribution is 6.06. The Morgan fingerprint density at radius 1 is 1.38 bits per heavy atom. The summed E-state index contributed by atoms with van der Waals surface area (Å²) < 4.78 is 1.72. The standard InChI is InChI=1S/C13H19N5O3/c1-8(2)18-7-9(6-14-18)15-11(19)5-10-12(20)17(4)13(21)16(10)3/h6-8,10H,5H2,1-4H3,(H,15,19). The molecule has 0 radical (unpaired) electrons. The van der Waals surface area contributed by atoms with Crippen molar-refractivity contribution in [2.24, 2.45) is 0 Å². The summed E-state index contributed by atoms with van der Waals surface area (Å²) >= 11 is 0. The van der Waals surface area contributed by atoms with Crippen molar-refractivity contribution in [3.8, 4) is 0 Å². The predicted octanol–water partition coefficient (Wildman–Crippen LogP) is 0.685. The van der Waals surface area contributed by atoms with E-state index in [1.807, 2.05) is 13.8 Å². The highest BCUT2D eigenvalue weighted by Crippen LogP contribution is 2.18. The Morgan fingerprint density at radius 3 is 2.52 bits per heavy atom. The van der Waals surface area contributed by atoms with Gasteiger partial charge in [0.15, 0.2) is 0 Å². The first-order valence-corrected chi connectivity index (χ1v) is 6.69. The van der Waals surface area contributed by atoms with Gasteiger partial charge in [0.25, 0.3) is 5.91 Å². The minimum absolute atomic E-state index is 0.0712. The quantitative estimate of drug-likeness (QED) is 0.827. The van der Waals surface area contributed by atoms with Crippen LogP contribution in [0.4, 0.5) is 10.5 Å². The van der Waals surface area contributed by atoms with E-state index in [9.17, 15) is 14.4 Å². The van der Waals surface area contributed by atoms with Crippen LogP contribution in [0.15, 0.2) is 12.4 Å². The van der Waals surface area contributed by atoms with E-state index in [1.165, 1.54) is 19.0 Å². The minimum atomic E-state index is -0.748. The van der Waals surface area contributed by atoms with E-state index in [4.69, 9.17) is 0 Å². The maximum absolute atomic E-state index is 12.0. The normalized spacial score (nSPS) is 18.8. The second-order valence-electron chi connectivity index (χ2n) is 5.36. The summed E-state index contributed by atoms with van der Waals surface area (Å²) in [6.07, 6.45) is 3.20. The Labute approximate surface area is 122 Å². The summed E-state index contributed by atoms with van der Waals surface area (Å²) in [6.45, 7) is 3.96. The van der Waals surface area contributed by atoms with Crippen molar-refractivity contribution < 1.29 is 14.4 Å². The van der Waals surface area contributed by atoms with E-state index in [-0.39, 0.29) is 24.3 Å². The largest absolute Gasteiger partial charge is 0.326 e. The lowest BCUT2D eigenvalue weighted by atomic mass is 10.2. The molecule has 0 saturated carbocycles. The third kappa shape index (κ3) is 2.88. The molecule has 0 bridgehead atoms. The fraction of sp³-hybridized carbons (Fsp3) is 0.538. The second-order valence-corrected chi connectivity index (χ2v) is 5.36. The number of hydrogen-bond acceptors (Lipinski definition) is 4. The van der Waals surface area contributed by atoms with Gasteiger partial charge in [-0.15, -0.1) is 0 Å². The SMILES string of the molecule is CC(C)n1cc(NC(=O)CC2C(=O)N(C)C(=O)N2C)cn1. The average molecular weight is 293 g/mol. The van der Waals surface area contributed by atoms with Crippen LogP contribution in [0.25, 0.3) is 0 Å². The smallest absolute Gasteiger partial charge is 0.323 e. The Balaban J connectivity index is 1.98. The predicted molar refractivity (Wildman–Crippen MR) is 75.6 cm³/mol. The van der Waals surface area contributed by atoms with Gasteiger partial charge in [0.1, 0.15) is 6.04 Å². The van der Waals surface area contributed by atoms with Crippen molar-refractivity contribution in [3.05, 3.63) is 12.4 Å². The number of imide groups is 1. The molecule has 1 saturated heterocycles. The maximum atomic E-state index is 12.0. The molecule has 2 heterocycles. The molecule has 1 aliphatic rings. The molecule has 1 unspecified atom stereocenters. The number of aromatic nitrogens is 2. The molecule has 8 heteroatoms. The van der Waals surface area contributed by atoms with E-state index in [0.29, 0.717) is 5.69 Å². The van der Waals surface area contributed by atoms with Gasteiger partial charge >= 0.3 is 6.03 Å². The number of nitrogens with one attached hydrogen (secondary N) is 1. The first kappa shape index (κ1) is 15.0. The fourth-order valence-electron chi connectivity index (χ4n) is 2.15. The first-order valence-electron chi connectivity index (χ1n) is 6.69. The van der Waals surface area contributed by atoms with Crippen molar-refractivity contribution in [3.63, 3.8) is 0 Å². The van der Waals surface area contributed by atoms with Crippen LogP contribution in [-0.4, -0.2) is 57.6 Å². The van der Waals surface area contributed by atoms with Crippen molar-refractivity contribution in [2.75, 3.05) is 19.4 Å². The number of carbonyl (C=O) groups is 3. The molecule has 1 aromatic rings. The Morgan fingerprint density at radius 2 is 2.05 bits per heavy atom. The van der Waals surface area contributed by atoms with Crippen LogP contribution >= 0.6 is 0 Å². The Bertz CT molecular complexity index is 580. The summed E-state index contributed by atoms with van der Waals surface area (Å²) in [7, 11) is 2.92. The molecule has 1 fully saturated rings. The molecule has 1 aliphatic heterocycles. The van der Waals surface area contributed by atoms with Crippen molar-refractivity contribution in [2.45, 2.75) is 32.4 Å². The monoisotopic (exact) mass is 293 g/mol. The summed E-state index contributed by atoms with van der Waals surface area (Å²) in [6, 6.07) is -0.947. The van der Waals surface area contributed by atoms with Crippen LogP contribution in [0.1, 0.15) is 26.3 Å². The zero-order valence-corrected chi connectivity index (χ0v) is 12.5. The molecule has 114 valence electrons. The van der Waals surface area contributed by atoms with E-state index in [1.54, 1.807) is 17.1 Å². The number of nitrogens with zero attached hydrogens (tertiary/aromatic N) is 4. The topological polar surface area (TPSA) is 87.5 Å². The van der Waals surface area contributed by atoms with Crippen LogP contribution in [0.3, 0.4) is 0 Å². The van der Waals surface area contributed by atoms with Crippen molar-refractivity contribution >= 4 is 23.5 Å². The number of amides is 4. The van der Waals surface area contributed by atoms with E-state index in [0.717, 1.165) is 4.90 Å². The number of urea groups is 1. The summed E-state index contributed by atoms with van der Waals surface area (Å²) in [5, 5.41) is 6.80. The zero-order valence-electron chi connectivity index (χ0n) is 12.5. The lowest BCUT2D eigenvalue weighted by molar-refractivity contribution is -0.129. The third-order valence-corrected chi connectivity index (χ3v) is 3.46. The Hall–Kier alpha value is -2.38. The molecule has 1 atom stereocenters. The lowest BCUT2D eigenvalue weighted by Gasteiger charge is -2.15. The van der Waals surface area contributed by atoms with E-state index >= 15 is 0 Å². The molecular weight excluding hydrogens is 274 g/mol. The molecule has 21 heavy (non-hydrogen) atoms. The van der Waals surface area contributed by atoms with Gasteiger partial charge in [-0.1, -0.05) is 0 Å². The molecule has 4 amide bonds. The van der Waals surface area contributed by atoms with Crippen LogP contribution < -0.4 is 5.32 Å². The highest BCUT2D eigenvalue weighted by atomic mass is 16.2. The number of anilines is 1. The summed E-state index contributed by atoms with van der Waals surface area (Å²) in [4.78, 5) is 37.8. The molecule has 0 aromatic carbocycles. The van der Waals surface area contributed by atoms with Crippen LogP contribution in [0.5, 0.6) is 0 Å². The van der Waals surface area contributed by atoms with E-state index < -0.39 is 12.1 Å². The van der Waals surface area contributed by atoms with Gasteiger partial charge in [-0.25, -0.2) is 4.79 Å². The molecule has 0 aliphatic carbocycles. The van der Waals surface area contributed by atoms with Gasteiger partial charge in [-0.3, -0.25) is 19.2 Å². The number of rotatable bonds is 4. The molecule has 2 rings (SSSR count). The van der Waals surface area contributed by atoms with Crippen molar-refractivity contribution in [1.29, 1.82) is 0 Å². The van der Waals surface area contributed by atoms with Gasteiger partial charge in [0.2, 0.25) is 5.91 Å². The first-order chi connectivity index (χ1) is 9.81. The van der Waals surface area contributed by atoms with Crippen LogP contribution in [0.2, 0.25) is 0 Å². The van der Waals surface area contributed by atoms with Crippen LogP contribution in [0, 0.1) is 0 Å².